The summed E-state index contributed by atoms with van der Waals surface area (Å²) in [5.74, 6) is 0.806. The number of nitrogens with one attached hydrogen (secondary N) is 2. The maximum absolute atomic E-state index is 12.1. The van der Waals surface area contributed by atoms with Gasteiger partial charge in [-0.15, -0.1) is 0 Å². The summed E-state index contributed by atoms with van der Waals surface area (Å²) in [7, 11) is 1.77. The van der Waals surface area contributed by atoms with Gasteiger partial charge in [0.15, 0.2) is 5.96 Å². The van der Waals surface area contributed by atoms with Crippen LogP contribution in [0, 0.1) is 0 Å². The van der Waals surface area contributed by atoms with Crippen LogP contribution in [0.3, 0.4) is 0 Å². The molecule has 28 heavy (non-hydrogen) atoms. The van der Waals surface area contributed by atoms with Gasteiger partial charge in [-0.3, -0.25) is 14.7 Å². The molecule has 0 bridgehead atoms. The highest BCUT2D eigenvalue weighted by Gasteiger charge is 2.20. The summed E-state index contributed by atoms with van der Waals surface area (Å²) in [4.78, 5) is 21.0. The molecule has 0 unspecified atom stereocenters. The summed E-state index contributed by atoms with van der Waals surface area (Å²) in [5.41, 5.74) is 1.74. The van der Waals surface area contributed by atoms with Crippen molar-refractivity contribution < 1.29 is 9.32 Å². The third-order valence-electron chi connectivity index (χ3n) is 4.52. The van der Waals surface area contributed by atoms with Crippen molar-refractivity contribution in [2.24, 2.45) is 4.99 Å². The minimum Gasteiger partial charge on any atom is -0.364 e. The van der Waals surface area contributed by atoms with Crippen LogP contribution in [-0.4, -0.2) is 66.6 Å². The summed E-state index contributed by atoms with van der Waals surface area (Å²) in [6, 6.07) is 9.43. The Morgan fingerprint density at radius 2 is 1.96 bits per heavy atom. The molecule has 9 heteroatoms. The Balaban J connectivity index is 1.37. The first-order chi connectivity index (χ1) is 13.6. The van der Waals surface area contributed by atoms with Gasteiger partial charge in [0.05, 0.1) is 5.69 Å². The second-order valence-electron chi connectivity index (χ2n) is 6.53. The van der Waals surface area contributed by atoms with Gasteiger partial charge in [0.1, 0.15) is 6.26 Å². The second-order valence-corrected chi connectivity index (χ2v) is 7.45. The average Bonchev–Trinajstić information content (AvgIpc) is 3.21. The van der Waals surface area contributed by atoms with Gasteiger partial charge in [-0.1, -0.05) is 21.1 Å². The average molecular weight is 449 g/mol. The molecular weight excluding hydrogens is 424 g/mol. The van der Waals surface area contributed by atoms with Crippen LogP contribution in [0.5, 0.6) is 0 Å². The first kappa shape index (κ1) is 20.3. The molecule has 0 saturated carbocycles. The standard InChI is InChI=1S/C19H25BrN6O2/c1-21-19(22-8-6-18(27)23-16-4-2-15(20)3-5-16)26-11-9-25(10-12-26)14-17-7-13-28-24-17/h2-5,7,13H,6,8-12,14H2,1H3,(H,21,22)(H,23,27). The fourth-order valence-corrected chi connectivity index (χ4v) is 3.31. The van der Waals surface area contributed by atoms with Crippen LogP contribution in [0.1, 0.15) is 12.1 Å². The van der Waals surface area contributed by atoms with Gasteiger partial charge in [0.2, 0.25) is 5.91 Å². The summed E-state index contributed by atoms with van der Waals surface area (Å²) in [5, 5.41) is 10.1. The molecule has 0 radical (unpaired) electrons. The molecule has 1 aliphatic rings. The van der Waals surface area contributed by atoms with Crippen molar-refractivity contribution >= 4 is 33.5 Å². The van der Waals surface area contributed by atoms with E-state index in [9.17, 15) is 4.79 Å². The summed E-state index contributed by atoms with van der Waals surface area (Å²) >= 11 is 3.38. The zero-order valence-corrected chi connectivity index (χ0v) is 17.5. The predicted molar refractivity (Wildman–Crippen MR) is 112 cm³/mol. The summed E-state index contributed by atoms with van der Waals surface area (Å²) in [6.07, 6.45) is 1.98. The number of aliphatic imine (C=N–C) groups is 1. The van der Waals surface area contributed by atoms with Gasteiger partial charge >= 0.3 is 0 Å². The maximum atomic E-state index is 12.1. The van der Waals surface area contributed by atoms with Crippen LogP contribution in [-0.2, 0) is 11.3 Å². The van der Waals surface area contributed by atoms with Crippen LogP contribution in [0.2, 0.25) is 0 Å². The topological polar surface area (TPSA) is 86.0 Å². The maximum Gasteiger partial charge on any atom is 0.226 e. The first-order valence-electron chi connectivity index (χ1n) is 9.26. The van der Waals surface area contributed by atoms with Crippen LogP contribution in [0.15, 0.2) is 50.6 Å². The Morgan fingerprint density at radius 3 is 2.61 bits per heavy atom. The van der Waals surface area contributed by atoms with Crippen molar-refractivity contribution in [3.63, 3.8) is 0 Å². The van der Waals surface area contributed by atoms with E-state index in [1.807, 2.05) is 30.3 Å². The van der Waals surface area contributed by atoms with E-state index >= 15 is 0 Å². The molecule has 1 fully saturated rings. The Hall–Kier alpha value is -2.39. The van der Waals surface area contributed by atoms with Gasteiger partial charge in [0.25, 0.3) is 0 Å². The number of halogens is 1. The molecule has 0 atom stereocenters. The lowest BCUT2D eigenvalue weighted by Crippen LogP contribution is -2.52. The molecular formula is C19H25BrN6O2. The van der Waals surface area contributed by atoms with Crippen molar-refractivity contribution in [1.29, 1.82) is 0 Å². The molecule has 0 aliphatic carbocycles. The Labute approximate surface area is 173 Å². The molecule has 1 amide bonds. The third kappa shape index (κ3) is 6.07. The van der Waals surface area contributed by atoms with Crippen molar-refractivity contribution in [1.82, 2.24) is 20.3 Å². The van der Waals surface area contributed by atoms with Crippen molar-refractivity contribution in [2.45, 2.75) is 13.0 Å². The Bertz CT molecular complexity index is 770. The van der Waals surface area contributed by atoms with Crippen LogP contribution >= 0.6 is 15.9 Å². The summed E-state index contributed by atoms with van der Waals surface area (Å²) in [6.45, 7) is 4.95. The number of carbonyl (C=O) groups is 1. The number of amides is 1. The van der Waals surface area contributed by atoms with E-state index in [0.29, 0.717) is 13.0 Å². The number of aromatic nitrogens is 1. The predicted octanol–water partition coefficient (Wildman–Crippen LogP) is 2.16. The van der Waals surface area contributed by atoms with E-state index in [2.05, 4.69) is 46.5 Å². The van der Waals surface area contributed by atoms with E-state index in [-0.39, 0.29) is 5.91 Å². The molecule has 8 nitrogen and oxygen atoms in total. The zero-order valence-electron chi connectivity index (χ0n) is 15.9. The van der Waals surface area contributed by atoms with Gasteiger partial charge in [-0.25, -0.2) is 0 Å². The molecule has 150 valence electrons. The molecule has 2 aromatic rings. The lowest BCUT2D eigenvalue weighted by molar-refractivity contribution is -0.116. The number of hydrogen-bond acceptors (Lipinski definition) is 5. The smallest absolute Gasteiger partial charge is 0.226 e. The van der Waals surface area contributed by atoms with Gasteiger partial charge in [0, 0.05) is 69.0 Å². The Kier molecular flexibility index (Phi) is 7.44. The SMILES string of the molecule is CN=C(NCCC(=O)Nc1ccc(Br)cc1)N1CCN(Cc2ccon2)CC1. The van der Waals surface area contributed by atoms with E-state index in [0.717, 1.165) is 54.5 Å². The normalized spacial score (nSPS) is 15.5. The number of nitrogens with zero attached hydrogens (tertiary/aromatic N) is 4. The molecule has 3 rings (SSSR count). The van der Waals surface area contributed by atoms with Crippen molar-refractivity contribution in [3.8, 4) is 0 Å². The third-order valence-corrected chi connectivity index (χ3v) is 5.05. The summed E-state index contributed by atoms with van der Waals surface area (Å²) < 4.78 is 5.87. The molecule has 1 aliphatic heterocycles. The highest BCUT2D eigenvalue weighted by molar-refractivity contribution is 9.10. The monoisotopic (exact) mass is 448 g/mol. The minimum absolute atomic E-state index is 0.0253. The Morgan fingerprint density at radius 1 is 1.21 bits per heavy atom. The molecule has 1 aromatic carbocycles. The number of piperazine rings is 1. The molecule has 2 heterocycles. The number of benzene rings is 1. The van der Waals surface area contributed by atoms with Gasteiger partial charge < -0.3 is 20.1 Å². The fraction of sp³-hybridized carbons (Fsp3) is 0.421. The van der Waals surface area contributed by atoms with Crippen LogP contribution in [0.25, 0.3) is 0 Å². The molecule has 1 saturated heterocycles. The number of guanidine groups is 1. The zero-order chi connectivity index (χ0) is 19.8. The van der Waals surface area contributed by atoms with Crippen LogP contribution < -0.4 is 10.6 Å². The second kappa shape index (κ2) is 10.2. The highest BCUT2D eigenvalue weighted by atomic mass is 79.9. The van der Waals surface area contributed by atoms with E-state index in [4.69, 9.17) is 4.52 Å². The lowest BCUT2D eigenvalue weighted by atomic mass is 10.3. The van der Waals surface area contributed by atoms with Gasteiger partial charge in [-0.2, -0.15) is 0 Å². The van der Waals surface area contributed by atoms with Crippen molar-refractivity contribution in [2.75, 3.05) is 45.1 Å². The molecule has 1 aromatic heterocycles. The van der Waals surface area contributed by atoms with E-state index in [1.165, 1.54) is 0 Å². The lowest BCUT2D eigenvalue weighted by Gasteiger charge is -2.36. The van der Waals surface area contributed by atoms with Crippen LogP contribution in [0.4, 0.5) is 5.69 Å². The molecule has 2 N–H and O–H groups in total. The van der Waals surface area contributed by atoms with E-state index in [1.54, 1.807) is 13.3 Å². The number of anilines is 1. The fourth-order valence-electron chi connectivity index (χ4n) is 3.04. The van der Waals surface area contributed by atoms with E-state index < -0.39 is 0 Å². The number of hydrogen-bond donors (Lipinski definition) is 2. The molecule has 0 spiro atoms. The number of carbonyl (C=O) groups excluding carboxylic acids is 1. The highest BCUT2D eigenvalue weighted by Crippen LogP contribution is 2.14. The quantitative estimate of drug-likeness (QED) is 0.520. The minimum atomic E-state index is -0.0253. The largest absolute Gasteiger partial charge is 0.364 e. The van der Waals surface area contributed by atoms with Crippen molar-refractivity contribution in [3.05, 3.63) is 46.8 Å². The number of rotatable bonds is 6. The first-order valence-corrected chi connectivity index (χ1v) is 10.1. The van der Waals surface area contributed by atoms with Gasteiger partial charge in [-0.05, 0) is 24.3 Å².